The first-order valence-corrected chi connectivity index (χ1v) is 9.36. The lowest BCUT2D eigenvalue weighted by Gasteiger charge is -2.33. The third-order valence-corrected chi connectivity index (χ3v) is 5.49. The summed E-state index contributed by atoms with van der Waals surface area (Å²) in [6, 6.07) is 2.66. The van der Waals surface area contributed by atoms with E-state index in [9.17, 15) is 10.1 Å². The molecule has 1 saturated heterocycles. The Morgan fingerprint density at radius 1 is 1.32 bits per heavy atom. The smallest absolute Gasteiger partial charge is 0.235 e. The van der Waals surface area contributed by atoms with Crippen LogP contribution >= 0.6 is 0 Å². The Morgan fingerprint density at radius 2 is 2.08 bits per heavy atom. The van der Waals surface area contributed by atoms with Crippen molar-refractivity contribution < 1.29 is 4.79 Å². The standard InChI is InChI=1S/C18H28N6O/c1-14-20-15(2)24(22-14)11-16-7-6-10-23(16)12-17(25)21-18(13-19)8-4-3-5-9-18/h16H,3-12H2,1-2H3,(H,21,25)/t16-/m0/s1. The van der Waals surface area contributed by atoms with Crippen LogP contribution < -0.4 is 5.32 Å². The van der Waals surface area contributed by atoms with Gasteiger partial charge in [0.15, 0.2) is 0 Å². The van der Waals surface area contributed by atoms with Crippen LogP contribution in [0.5, 0.6) is 0 Å². The first-order chi connectivity index (χ1) is 12.0. The highest BCUT2D eigenvalue weighted by Crippen LogP contribution is 2.27. The minimum Gasteiger partial charge on any atom is -0.337 e. The van der Waals surface area contributed by atoms with Crippen LogP contribution in [0.3, 0.4) is 0 Å². The molecule has 2 aliphatic rings. The molecule has 2 fully saturated rings. The normalized spacial score (nSPS) is 23.3. The fourth-order valence-electron chi connectivity index (χ4n) is 4.15. The summed E-state index contributed by atoms with van der Waals surface area (Å²) >= 11 is 0. The van der Waals surface area contributed by atoms with E-state index >= 15 is 0 Å². The molecule has 1 aromatic heterocycles. The van der Waals surface area contributed by atoms with Crippen molar-refractivity contribution in [2.75, 3.05) is 13.1 Å². The van der Waals surface area contributed by atoms with Crippen molar-refractivity contribution >= 4 is 5.91 Å². The summed E-state index contributed by atoms with van der Waals surface area (Å²) in [5.41, 5.74) is -0.649. The van der Waals surface area contributed by atoms with Crippen molar-refractivity contribution in [2.45, 2.75) is 76.9 Å². The predicted molar refractivity (Wildman–Crippen MR) is 93.7 cm³/mol. The van der Waals surface area contributed by atoms with Gasteiger partial charge in [0.1, 0.15) is 17.2 Å². The second-order valence-corrected chi connectivity index (χ2v) is 7.46. The lowest BCUT2D eigenvalue weighted by molar-refractivity contribution is -0.124. The second-order valence-electron chi connectivity index (χ2n) is 7.46. The van der Waals surface area contributed by atoms with Gasteiger partial charge in [-0.2, -0.15) is 10.4 Å². The van der Waals surface area contributed by atoms with Crippen LogP contribution in [0.1, 0.15) is 56.6 Å². The van der Waals surface area contributed by atoms with E-state index in [2.05, 4.69) is 26.4 Å². The van der Waals surface area contributed by atoms with E-state index in [1.54, 1.807) is 0 Å². The first kappa shape index (κ1) is 17.9. The summed E-state index contributed by atoms with van der Waals surface area (Å²) in [5.74, 6) is 1.68. The van der Waals surface area contributed by atoms with Gasteiger partial charge in [0, 0.05) is 6.04 Å². The number of nitrogens with zero attached hydrogens (tertiary/aromatic N) is 5. The Bertz CT molecular complexity index is 655. The summed E-state index contributed by atoms with van der Waals surface area (Å²) in [4.78, 5) is 19.1. The first-order valence-electron chi connectivity index (χ1n) is 9.36. The third-order valence-electron chi connectivity index (χ3n) is 5.49. The highest BCUT2D eigenvalue weighted by Gasteiger charge is 2.35. The van der Waals surface area contributed by atoms with Crippen molar-refractivity contribution in [2.24, 2.45) is 0 Å². The van der Waals surface area contributed by atoms with Crippen molar-refractivity contribution in [1.29, 1.82) is 5.26 Å². The largest absolute Gasteiger partial charge is 0.337 e. The SMILES string of the molecule is Cc1nc(C)n(C[C@@H]2CCCN2CC(=O)NC2(C#N)CCCCC2)n1. The zero-order chi connectivity index (χ0) is 17.9. The maximum atomic E-state index is 12.6. The summed E-state index contributed by atoms with van der Waals surface area (Å²) < 4.78 is 1.94. The molecule has 0 unspecified atom stereocenters. The molecule has 1 aliphatic carbocycles. The number of carbonyl (C=O) groups excluding carboxylic acids is 1. The summed E-state index contributed by atoms with van der Waals surface area (Å²) in [6.07, 6.45) is 6.90. The van der Waals surface area contributed by atoms with Gasteiger partial charge in [-0.25, -0.2) is 9.67 Å². The van der Waals surface area contributed by atoms with E-state index in [0.717, 1.165) is 69.7 Å². The molecule has 0 bridgehead atoms. The van der Waals surface area contributed by atoms with Crippen molar-refractivity contribution in [1.82, 2.24) is 25.0 Å². The van der Waals surface area contributed by atoms with Crippen LogP contribution in [0.25, 0.3) is 0 Å². The molecule has 0 spiro atoms. The predicted octanol–water partition coefficient (Wildman–Crippen LogP) is 1.70. The molecular weight excluding hydrogens is 316 g/mol. The van der Waals surface area contributed by atoms with Gasteiger partial charge in [-0.1, -0.05) is 19.3 Å². The van der Waals surface area contributed by atoms with Crippen LogP contribution in [0, 0.1) is 25.2 Å². The number of nitriles is 1. The van der Waals surface area contributed by atoms with Gasteiger partial charge in [-0.15, -0.1) is 0 Å². The number of likely N-dealkylation sites (tertiary alicyclic amines) is 1. The molecular formula is C18H28N6O. The van der Waals surface area contributed by atoms with Gasteiger partial charge in [-0.3, -0.25) is 9.69 Å². The fourth-order valence-corrected chi connectivity index (χ4v) is 4.15. The summed E-state index contributed by atoms with van der Waals surface area (Å²) in [7, 11) is 0. The van der Waals surface area contributed by atoms with E-state index in [4.69, 9.17) is 0 Å². The number of hydrogen-bond acceptors (Lipinski definition) is 5. The number of aromatic nitrogens is 3. The minimum atomic E-state index is -0.649. The van der Waals surface area contributed by atoms with Crippen molar-refractivity contribution in [3.63, 3.8) is 0 Å². The average Bonchev–Trinajstić information content (AvgIpc) is 3.14. The van der Waals surface area contributed by atoms with Gasteiger partial charge >= 0.3 is 0 Å². The van der Waals surface area contributed by atoms with Gasteiger partial charge in [0.2, 0.25) is 5.91 Å². The highest BCUT2D eigenvalue weighted by molar-refractivity contribution is 5.79. The van der Waals surface area contributed by atoms with Gasteiger partial charge in [0.05, 0.1) is 19.2 Å². The maximum absolute atomic E-state index is 12.6. The third kappa shape index (κ3) is 4.18. The Balaban J connectivity index is 1.58. The number of nitrogens with one attached hydrogen (secondary N) is 1. The summed E-state index contributed by atoms with van der Waals surface area (Å²) in [6.45, 7) is 5.91. The minimum absolute atomic E-state index is 0.0261. The number of hydrogen-bond donors (Lipinski definition) is 1. The van der Waals surface area contributed by atoms with Crippen molar-refractivity contribution in [3.8, 4) is 6.07 Å². The van der Waals surface area contributed by atoms with E-state index in [1.165, 1.54) is 0 Å². The molecule has 1 amide bonds. The van der Waals surface area contributed by atoms with Crippen LogP contribution in [0.2, 0.25) is 0 Å². The molecule has 0 radical (unpaired) electrons. The molecule has 1 N–H and O–H groups in total. The van der Waals surface area contributed by atoms with E-state index in [1.807, 2.05) is 18.5 Å². The number of aryl methyl sites for hydroxylation is 2. The van der Waals surface area contributed by atoms with E-state index < -0.39 is 5.54 Å². The zero-order valence-electron chi connectivity index (χ0n) is 15.3. The Labute approximate surface area is 149 Å². The lowest BCUT2D eigenvalue weighted by atomic mass is 9.83. The molecule has 1 atom stereocenters. The van der Waals surface area contributed by atoms with Crippen LogP contribution in [-0.2, 0) is 11.3 Å². The molecule has 7 heteroatoms. The van der Waals surface area contributed by atoms with Crippen molar-refractivity contribution in [3.05, 3.63) is 11.6 Å². The molecule has 1 saturated carbocycles. The lowest BCUT2D eigenvalue weighted by Crippen LogP contribution is -2.52. The van der Waals surface area contributed by atoms with Crippen LogP contribution in [-0.4, -0.2) is 50.2 Å². The molecule has 25 heavy (non-hydrogen) atoms. The summed E-state index contributed by atoms with van der Waals surface area (Å²) in [5, 5.41) is 17.0. The topological polar surface area (TPSA) is 86.8 Å². The van der Waals surface area contributed by atoms with Gasteiger partial charge in [-0.05, 0) is 46.1 Å². The fraction of sp³-hybridized carbons (Fsp3) is 0.778. The molecule has 3 rings (SSSR count). The molecule has 7 nitrogen and oxygen atoms in total. The Hall–Kier alpha value is -1.94. The van der Waals surface area contributed by atoms with Gasteiger partial charge < -0.3 is 5.32 Å². The van der Waals surface area contributed by atoms with Crippen LogP contribution in [0.15, 0.2) is 0 Å². The average molecular weight is 344 g/mol. The van der Waals surface area contributed by atoms with Crippen LogP contribution in [0.4, 0.5) is 0 Å². The monoisotopic (exact) mass is 344 g/mol. The van der Waals surface area contributed by atoms with E-state index in [-0.39, 0.29) is 5.91 Å². The molecule has 0 aromatic carbocycles. The number of carbonyl (C=O) groups is 1. The van der Waals surface area contributed by atoms with Gasteiger partial charge in [0.25, 0.3) is 0 Å². The molecule has 136 valence electrons. The Morgan fingerprint density at radius 3 is 2.72 bits per heavy atom. The highest BCUT2D eigenvalue weighted by atomic mass is 16.2. The molecule has 1 aliphatic heterocycles. The number of amides is 1. The number of rotatable bonds is 5. The zero-order valence-corrected chi connectivity index (χ0v) is 15.3. The maximum Gasteiger partial charge on any atom is 0.235 e. The quantitative estimate of drug-likeness (QED) is 0.878. The second kappa shape index (κ2) is 7.52. The Kier molecular flexibility index (Phi) is 5.38. The molecule has 2 heterocycles. The molecule has 1 aromatic rings. The van der Waals surface area contributed by atoms with E-state index in [0.29, 0.717) is 12.6 Å².